The summed E-state index contributed by atoms with van der Waals surface area (Å²) in [5.41, 5.74) is -0.490. The summed E-state index contributed by atoms with van der Waals surface area (Å²) >= 11 is 0. The van der Waals surface area contributed by atoms with Crippen molar-refractivity contribution in [3.05, 3.63) is 0 Å². The van der Waals surface area contributed by atoms with Crippen molar-refractivity contribution >= 4 is 12.6 Å². The molecule has 0 aromatic carbocycles. The predicted molar refractivity (Wildman–Crippen MR) is 58.0 cm³/mol. The molecule has 0 spiro atoms. The zero-order chi connectivity index (χ0) is 12.2. The fourth-order valence-corrected chi connectivity index (χ4v) is 1.72. The second kappa shape index (κ2) is 5.18. The van der Waals surface area contributed by atoms with Crippen LogP contribution in [0.4, 0.5) is 4.79 Å². The van der Waals surface area contributed by atoms with Crippen LogP contribution in [0.3, 0.4) is 0 Å². The van der Waals surface area contributed by atoms with E-state index >= 15 is 0 Å². The molecule has 0 saturated carbocycles. The highest BCUT2D eigenvalue weighted by Gasteiger charge is 2.32. The molecular weight excluding hydrogens is 210 g/mol. The first-order valence-electron chi connectivity index (χ1n) is 5.49. The highest BCUT2D eigenvalue weighted by Crippen LogP contribution is 2.20. The third kappa shape index (κ3) is 3.72. The van der Waals surface area contributed by atoms with Crippen molar-refractivity contribution in [1.82, 2.24) is 4.90 Å². The van der Waals surface area contributed by atoms with Crippen molar-refractivity contribution in [3.63, 3.8) is 0 Å². The Bertz CT molecular complexity index is 259. The van der Waals surface area contributed by atoms with Crippen molar-refractivity contribution in [2.75, 3.05) is 13.2 Å². The van der Waals surface area contributed by atoms with Crippen LogP contribution in [0.2, 0.25) is 0 Å². The van der Waals surface area contributed by atoms with Crippen molar-refractivity contribution < 1.29 is 19.1 Å². The molecule has 1 aliphatic rings. The van der Waals surface area contributed by atoms with Gasteiger partial charge < -0.3 is 14.4 Å². The maximum absolute atomic E-state index is 11.8. The second-order valence-corrected chi connectivity index (χ2v) is 4.90. The first kappa shape index (κ1) is 12.8. The molecule has 1 amide bonds. The van der Waals surface area contributed by atoms with E-state index in [0.717, 1.165) is 12.8 Å². The van der Waals surface area contributed by atoms with E-state index in [4.69, 9.17) is 9.47 Å². The molecule has 0 N–H and O–H groups in total. The Kier molecular flexibility index (Phi) is 4.15. The Labute approximate surface area is 95.7 Å². The van der Waals surface area contributed by atoms with E-state index in [-0.39, 0.29) is 18.7 Å². The molecule has 1 saturated heterocycles. The van der Waals surface area contributed by atoms with Gasteiger partial charge in [-0.15, -0.1) is 0 Å². The number of rotatable bonds is 3. The number of hydrogen-bond acceptors (Lipinski definition) is 4. The summed E-state index contributed by atoms with van der Waals surface area (Å²) in [7, 11) is 0. The van der Waals surface area contributed by atoms with Crippen LogP contribution < -0.4 is 0 Å². The summed E-state index contributed by atoms with van der Waals surface area (Å²) < 4.78 is 9.97. The SMILES string of the molecule is CC(C)(C)OC(=O)N1CCCC1COC=O. The van der Waals surface area contributed by atoms with Gasteiger partial charge in [-0.25, -0.2) is 4.79 Å². The van der Waals surface area contributed by atoms with Crippen molar-refractivity contribution in [2.24, 2.45) is 0 Å². The van der Waals surface area contributed by atoms with Gasteiger partial charge in [0, 0.05) is 6.54 Å². The molecule has 16 heavy (non-hydrogen) atoms. The van der Waals surface area contributed by atoms with Crippen LogP contribution in [0, 0.1) is 0 Å². The molecule has 1 atom stereocenters. The normalized spacial score (nSPS) is 20.7. The van der Waals surface area contributed by atoms with Crippen LogP contribution in [0.15, 0.2) is 0 Å². The molecule has 5 heteroatoms. The minimum atomic E-state index is -0.490. The molecule has 1 aliphatic heterocycles. The van der Waals surface area contributed by atoms with Gasteiger partial charge in [0.15, 0.2) is 0 Å². The van der Waals surface area contributed by atoms with Gasteiger partial charge >= 0.3 is 6.09 Å². The fraction of sp³-hybridized carbons (Fsp3) is 0.818. The monoisotopic (exact) mass is 229 g/mol. The molecular formula is C11H19NO4. The van der Waals surface area contributed by atoms with Crippen LogP contribution >= 0.6 is 0 Å². The average Bonchev–Trinajstić information content (AvgIpc) is 2.59. The summed E-state index contributed by atoms with van der Waals surface area (Å²) in [6.45, 7) is 6.82. The van der Waals surface area contributed by atoms with Crippen molar-refractivity contribution in [2.45, 2.75) is 45.3 Å². The van der Waals surface area contributed by atoms with Crippen LogP contribution in [-0.4, -0.2) is 42.3 Å². The van der Waals surface area contributed by atoms with Crippen LogP contribution in [-0.2, 0) is 14.3 Å². The van der Waals surface area contributed by atoms with E-state index in [2.05, 4.69) is 0 Å². The van der Waals surface area contributed by atoms with Gasteiger partial charge in [0.25, 0.3) is 6.47 Å². The van der Waals surface area contributed by atoms with Crippen LogP contribution in [0.1, 0.15) is 33.6 Å². The smallest absolute Gasteiger partial charge is 0.410 e. The third-order valence-electron chi connectivity index (χ3n) is 2.36. The Morgan fingerprint density at radius 2 is 2.19 bits per heavy atom. The lowest BCUT2D eigenvalue weighted by Gasteiger charge is -2.28. The average molecular weight is 229 g/mol. The van der Waals surface area contributed by atoms with E-state index in [1.54, 1.807) is 4.90 Å². The number of ether oxygens (including phenoxy) is 2. The zero-order valence-electron chi connectivity index (χ0n) is 10.1. The Hall–Kier alpha value is -1.26. The van der Waals surface area contributed by atoms with E-state index in [1.165, 1.54) is 0 Å². The largest absolute Gasteiger partial charge is 0.466 e. The molecule has 0 radical (unpaired) electrons. The number of nitrogens with zero attached hydrogens (tertiary/aromatic N) is 1. The number of carbonyl (C=O) groups excluding carboxylic acids is 2. The van der Waals surface area contributed by atoms with Gasteiger partial charge in [0.2, 0.25) is 0 Å². The number of amides is 1. The number of hydrogen-bond donors (Lipinski definition) is 0. The summed E-state index contributed by atoms with van der Waals surface area (Å²) in [4.78, 5) is 23.5. The van der Waals surface area contributed by atoms with Crippen LogP contribution in [0.25, 0.3) is 0 Å². The van der Waals surface area contributed by atoms with E-state index in [1.807, 2.05) is 20.8 Å². The molecule has 1 unspecified atom stereocenters. The third-order valence-corrected chi connectivity index (χ3v) is 2.36. The molecule has 0 aromatic rings. The van der Waals surface area contributed by atoms with Gasteiger partial charge in [-0.3, -0.25) is 4.79 Å². The minimum Gasteiger partial charge on any atom is -0.466 e. The number of likely N-dealkylation sites (tertiary alicyclic amines) is 1. The van der Waals surface area contributed by atoms with Gasteiger partial charge in [0.1, 0.15) is 12.2 Å². The van der Waals surface area contributed by atoms with Gasteiger partial charge in [0.05, 0.1) is 6.04 Å². The predicted octanol–water partition coefficient (Wildman–Crippen LogP) is 1.56. The minimum absolute atomic E-state index is 0.0416. The summed E-state index contributed by atoms with van der Waals surface area (Å²) in [6.07, 6.45) is 1.45. The lowest BCUT2D eigenvalue weighted by molar-refractivity contribution is -0.130. The van der Waals surface area contributed by atoms with Crippen molar-refractivity contribution in [3.8, 4) is 0 Å². The maximum Gasteiger partial charge on any atom is 0.410 e. The Morgan fingerprint density at radius 1 is 1.50 bits per heavy atom. The second-order valence-electron chi connectivity index (χ2n) is 4.90. The molecule has 92 valence electrons. The lowest BCUT2D eigenvalue weighted by atomic mass is 10.2. The summed E-state index contributed by atoms with van der Waals surface area (Å²) in [6, 6.07) is -0.0416. The maximum atomic E-state index is 11.8. The summed E-state index contributed by atoms with van der Waals surface area (Å²) in [5.74, 6) is 0. The molecule has 5 nitrogen and oxygen atoms in total. The van der Waals surface area contributed by atoms with Gasteiger partial charge in [-0.2, -0.15) is 0 Å². The Morgan fingerprint density at radius 3 is 2.75 bits per heavy atom. The lowest BCUT2D eigenvalue weighted by Crippen LogP contribution is -2.41. The zero-order valence-corrected chi connectivity index (χ0v) is 10.1. The molecule has 0 aromatic heterocycles. The van der Waals surface area contributed by atoms with Crippen LogP contribution in [0.5, 0.6) is 0 Å². The molecule has 1 rings (SSSR count). The summed E-state index contributed by atoms with van der Waals surface area (Å²) in [5, 5.41) is 0. The molecule has 0 bridgehead atoms. The molecule has 0 aliphatic carbocycles. The standard InChI is InChI=1S/C11H19NO4/c1-11(2,3)16-10(14)12-6-4-5-9(12)7-15-8-13/h8-9H,4-7H2,1-3H3. The van der Waals surface area contributed by atoms with E-state index < -0.39 is 5.60 Å². The Balaban J connectivity index is 2.50. The number of carbonyl (C=O) groups is 2. The molecule has 1 fully saturated rings. The highest BCUT2D eigenvalue weighted by atomic mass is 16.6. The fourth-order valence-electron chi connectivity index (χ4n) is 1.72. The molecule has 1 heterocycles. The topological polar surface area (TPSA) is 55.8 Å². The first-order valence-corrected chi connectivity index (χ1v) is 5.49. The van der Waals surface area contributed by atoms with E-state index in [0.29, 0.717) is 13.0 Å². The highest BCUT2D eigenvalue weighted by molar-refractivity contribution is 5.69. The van der Waals surface area contributed by atoms with Crippen molar-refractivity contribution in [1.29, 1.82) is 0 Å². The quantitative estimate of drug-likeness (QED) is 0.689. The van der Waals surface area contributed by atoms with E-state index in [9.17, 15) is 9.59 Å². The van der Waals surface area contributed by atoms with Gasteiger partial charge in [-0.05, 0) is 33.6 Å². The van der Waals surface area contributed by atoms with Gasteiger partial charge in [-0.1, -0.05) is 0 Å². The first-order chi connectivity index (χ1) is 7.44.